The Balaban J connectivity index is 1.64. The topological polar surface area (TPSA) is 89.4 Å². The van der Waals surface area contributed by atoms with Crippen LogP contribution in [0.3, 0.4) is 0 Å². The lowest BCUT2D eigenvalue weighted by atomic mass is 10.0. The molecule has 1 aliphatic carbocycles. The second-order valence-corrected chi connectivity index (χ2v) is 9.99. The first-order chi connectivity index (χ1) is 19.2. The molecule has 0 aliphatic heterocycles. The van der Waals surface area contributed by atoms with Gasteiger partial charge in [0.1, 0.15) is 6.04 Å². The summed E-state index contributed by atoms with van der Waals surface area (Å²) in [6.45, 7) is 0.664. The number of likely N-dealkylation sites (N-methyl/N-ethyl adjacent to an activating group) is 1. The SMILES string of the molecule is COCCN(C)C(=O)C(CCc1ccccc1)NC(=O)c1nc(-c2ccccc2C(F)(F)F)n(C2CCCC2)n1. The van der Waals surface area contributed by atoms with Gasteiger partial charge in [-0.3, -0.25) is 9.59 Å². The largest absolute Gasteiger partial charge is 0.417 e. The Morgan fingerprint density at radius 3 is 2.45 bits per heavy atom. The molecule has 8 nitrogen and oxygen atoms in total. The fourth-order valence-corrected chi connectivity index (χ4v) is 4.97. The van der Waals surface area contributed by atoms with Crippen LogP contribution in [0.4, 0.5) is 13.2 Å². The minimum Gasteiger partial charge on any atom is -0.383 e. The maximum absolute atomic E-state index is 13.9. The van der Waals surface area contributed by atoms with Gasteiger partial charge in [-0.25, -0.2) is 9.67 Å². The molecule has 1 aliphatic rings. The lowest BCUT2D eigenvalue weighted by Gasteiger charge is -2.24. The van der Waals surface area contributed by atoms with E-state index in [1.54, 1.807) is 7.05 Å². The van der Waals surface area contributed by atoms with Gasteiger partial charge in [0.2, 0.25) is 11.7 Å². The average Bonchev–Trinajstić information content (AvgIpc) is 3.64. The lowest BCUT2D eigenvalue weighted by Crippen LogP contribution is -2.48. The Hall–Kier alpha value is -3.73. The Morgan fingerprint density at radius 1 is 1.10 bits per heavy atom. The van der Waals surface area contributed by atoms with E-state index in [4.69, 9.17) is 4.74 Å². The van der Waals surface area contributed by atoms with Gasteiger partial charge in [0.15, 0.2) is 5.82 Å². The standard InChI is InChI=1S/C29H34F3N5O3/c1-36(18-19-40-2)28(39)24(17-16-20-10-4-3-5-11-20)33-27(38)25-34-26(37(35-25)21-12-6-7-13-21)22-14-8-9-15-23(22)29(30,31)32/h3-5,8-11,14-15,21,24H,6-7,12-13,16-19H2,1-2H3,(H,33,38). The van der Waals surface area contributed by atoms with Crippen LogP contribution in [0.5, 0.6) is 0 Å². The van der Waals surface area contributed by atoms with Crippen molar-refractivity contribution in [1.29, 1.82) is 0 Å². The molecule has 2 aromatic carbocycles. The Labute approximate surface area is 231 Å². The van der Waals surface area contributed by atoms with Gasteiger partial charge in [-0.15, -0.1) is 5.10 Å². The molecule has 2 amide bonds. The molecule has 40 heavy (non-hydrogen) atoms. The van der Waals surface area contributed by atoms with E-state index in [0.29, 0.717) is 26.0 Å². The number of nitrogens with zero attached hydrogens (tertiary/aromatic N) is 4. The lowest BCUT2D eigenvalue weighted by molar-refractivity contribution is -0.137. The number of nitrogens with one attached hydrogen (secondary N) is 1. The van der Waals surface area contributed by atoms with Crippen molar-refractivity contribution in [3.8, 4) is 11.4 Å². The summed E-state index contributed by atoms with van der Waals surface area (Å²) in [5, 5.41) is 7.15. The summed E-state index contributed by atoms with van der Waals surface area (Å²) in [6, 6.07) is 13.7. The van der Waals surface area contributed by atoms with Crippen molar-refractivity contribution >= 4 is 11.8 Å². The number of hydrogen-bond donors (Lipinski definition) is 1. The number of rotatable bonds is 11. The maximum Gasteiger partial charge on any atom is 0.417 e. The summed E-state index contributed by atoms with van der Waals surface area (Å²) in [5.41, 5.74) is 0.0255. The van der Waals surface area contributed by atoms with Crippen LogP contribution in [-0.4, -0.2) is 64.8 Å². The summed E-state index contributed by atoms with van der Waals surface area (Å²) in [4.78, 5) is 32.5. The molecule has 214 valence electrons. The van der Waals surface area contributed by atoms with Crippen LogP contribution in [-0.2, 0) is 22.1 Å². The molecule has 1 heterocycles. The Morgan fingerprint density at radius 2 is 1.77 bits per heavy atom. The van der Waals surface area contributed by atoms with Crippen molar-refractivity contribution in [2.75, 3.05) is 27.3 Å². The molecule has 3 aromatic rings. The molecule has 0 bridgehead atoms. The molecule has 1 N–H and O–H groups in total. The van der Waals surface area contributed by atoms with Crippen LogP contribution in [0.15, 0.2) is 54.6 Å². The third kappa shape index (κ3) is 7.07. The number of carbonyl (C=O) groups excluding carboxylic acids is 2. The van der Waals surface area contributed by atoms with E-state index in [0.717, 1.165) is 37.3 Å². The number of amides is 2. The second kappa shape index (κ2) is 13.1. The van der Waals surface area contributed by atoms with E-state index in [-0.39, 0.29) is 29.2 Å². The fourth-order valence-electron chi connectivity index (χ4n) is 4.97. The van der Waals surface area contributed by atoms with Crippen molar-refractivity contribution < 1.29 is 27.5 Å². The molecule has 11 heteroatoms. The zero-order valence-corrected chi connectivity index (χ0v) is 22.7. The molecule has 0 saturated heterocycles. The van der Waals surface area contributed by atoms with E-state index in [1.165, 1.54) is 34.9 Å². The zero-order valence-electron chi connectivity index (χ0n) is 22.7. The molecule has 1 atom stereocenters. The summed E-state index contributed by atoms with van der Waals surface area (Å²) in [7, 11) is 3.16. The smallest absolute Gasteiger partial charge is 0.383 e. The quantitative estimate of drug-likeness (QED) is 0.362. The predicted octanol–water partition coefficient (Wildman–Crippen LogP) is 4.92. The van der Waals surface area contributed by atoms with E-state index >= 15 is 0 Å². The number of aryl methyl sites for hydroxylation is 1. The Kier molecular flexibility index (Phi) is 9.57. The van der Waals surface area contributed by atoms with Gasteiger partial charge in [-0.1, -0.05) is 61.4 Å². The number of ether oxygens (including phenoxy) is 1. The monoisotopic (exact) mass is 557 g/mol. The molecule has 1 aromatic heterocycles. The van der Waals surface area contributed by atoms with Crippen molar-refractivity contribution in [2.24, 2.45) is 0 Å². The minimum atomic E-state index is -4.60. The van der Waals surface area contributed by atoms with E-state index < -0.39 is 23.7 Å². The number of carbonyl (C=O) groups is 2. The first-order valence-corrected chi connectivity index (χ1v) is 13.4. The van der Waals surface area contributed by atoms with Crippen LogP contribution in [0.25, 0.3) is 11.4 Å². The van der Waals surface area contributed by atoms with Gasteiger partial charge in [-0.05, 0) is 37.3 Å². The Bertz CT molecular complexity index is 1290. The number of halogens is 3. The van der Waals surface area contributed by atoms with E-state index in [1.807, 2.05) is 30.3 Å². The number of hydrogen-bond acceptors (Lipinski definition) is 5. The third-order valence-electron chi connectivity index (χ3n) is 7.15. The first kappa shape index (κ1) is 29.3. The van der Waals surface area contributed by atoms with Crippen LogP contribution < -0.4 is 5.32 Å². The number of aromatic nitrogens is 3. The van der Waals surface area contributed by atoms with Crippen LogP contribution in [0, 0.1) is 0 Å². The van der Waals surface area contributed by atoms with Crippen molar-refractivity contribution in [2.45, 2.75) is 56.8 Å². The average molecular weight is 558 g/mol. The highest BCUT2D eigenvalue weighted by molar-refractivity contribution is 5.95. The number of alkyl halides is 3. The molecule has 4 rings (SSSR count). The molecular formula is C29H34F3N5O3. The van der Waals surface area contributed by atoms with Crippen LogP contribution in [0.2, 0.25) is 0 Å². The minimum absolute atomic E-state index is 0.00523. The molecular weight excluding hydrogens is 523 g/mol. The van der Waals surface area contributed by atoms with Crippen molar-refractivity contribution in [3.05, 3.63) is 71.5 Å². The van der Waals surface area contributed by atoms with Gasteiger partial charge in [-0.2, -0.15) is 13.2 Å². The fraction of sp³-hybridized carbons (Fsp3) is 0.448. The van der Waals surface area contributed by atoms with Gasteiger partial charge in [0.05, 0.1) is 18.2 Å². The van der Waals surface area contributed by atoms with Gasteiger partial charge >= 0.3 is 6.18 Å². The highest BCUT2D eigenvalue weighted by Crippen LogP contribution is 2.39. The van der Waals surface area contributed by atoms with Crippen LogP contribution in [0.1, 0.15) is 59.9 Å². The van der Waals surface area contributed by atoms with E-state index in [9.17, 15) is 22.8 Å². The highest BCUT2D eigenvalue weighted by Gasteiger charge is 2.36. The molecule has 0 spiro atoms. The molecule has 1 saturated carbocycles. The van der Waals surface area contributed by atoms with Gasteiger partial charge < -0.3 is 15.0 Å². The highest BCUT2D eigenvalue weighted by atomic mass is 19.4. The van der Waals surface area contributed by atoms with Gasteiger partial charge in [0.25, 0.3) is 5.91 Å². The number of benzene rings is 2. The predicted molar refractivity (Wildman–Crippen MR) is 143 cm³/mol. The van der Waals surface area contributed by atoms with Crippen molar-refractivity contribution in [3.63, 3.8) is 0 Å². The summed E-state index contributed by atoms with van der Waals surface area (Å²) in [5.74, 6) is -1.29. The number of methoxy groups -OCH3 is 1. The van der Waals surface area contributed by atoms with Gasteiger partial charge in [0, 0.05) is 26.3 Å². The summed E-state index contributed by atoms with van der Waals surface area (Å²) >= 11 is 0. The molecule has 0 radical (unpaired) electrons. The van der Waals surface area contributed by atoms with Crippen molar-refractivity contribution in [1.82, 2.24) is 25.0 Å². The maximum atomic E-state index is 13.9. The molecule has 1 unspecified atom stereocenters. The third-order valence-corrected chi connectivity index (χ3v) is 7.15. The second-order valence-electron chi connectivity index (χ2n) is 9.99. The summed E-state index contributed by atoms with van der Waals surface area (Å²) < 4.78 is 48.1. The van der Waals surface area contributed by atoms with Crippen LogP contribution >= 0.6 is 0 Å². The normalized spacial score (nSPS) is 14.7. The van der Waals surface area contributed by atoms with E-state index in [2.05, 4.69) is 15.4 Å². The zero-order chi connectivity index (χ0) is 28.7. The first-order valence-electron chi connectivity index (χ1n) is 13.4. The molecule has 1 fully saturated rings. The summed E-state index contributed by atoms with van der Waals surface area (Å²) in [6.07, 6.45) is -0.468.